The van der Waals surface area contributed by atoms with Crippen LogP contribution < -0.4 is 9.47 Å². The number of aryl methyl sites for hydroxylation is 1. The van der Waals surface area contributed by atoms with Gasteiger partial charge in [-0.15, -0.1) is 0 Å². The van der Waals surface area contributed by atoms with Crippen LogP contribution in [-0.4, -0.2) is 35.9 Å². The van der Waals surface area contributed by atoms with Crippen LogP contribution in [0.1, 0.15) is 28.9 Å². The summed E-state index contributed by atoms with van der Waals surface area (Å²) in [7, 11) is 2.96. The normalized spacial score (nSPS) is 17.9. The molecule has 3 heterocycles. The highest BCUT2D eigenvalue weighted by molar-refractivity contribution is 6.46. The Morgan fingerprint density at radius 1 is 1.10 bits per heavy atom. The number of hydrogen-bond acceptors (Lipinski definition) is 7. The average Bonchev–Trinajstić information content (AvgIpc) is 3.50. The number of ketones is 1. The second kappa shape index (κ2) is 8.06. The summed E-state index contributed by atoms with van der Waals surface area (Å²) in [4.78, 5) is 27.2. The lowest BCUT2D eigenvalue weighted by Crippen LogP contribution is -2.28. The predicted octanol–water partition coefficient (Wildman–Crippen LogP) is 3.82. The second-order valence-corrected chi connectivity index (χ2v) is 7.02. The van der Waals surface area contributed by atoms with Crippen molar-refractivity contribution in [2.75, 3.05) is 14.2 Å². The molecule has 1 saturated heterocycles. The molecule has 0 spiro atoms. The smallest absolute Gasteiger partial charge is 0.296 e. The number of nitrogens with zero attached hydrogens (tertiary/aromatic N) is 1. The van der Waals surface area contributed by atoms with E-state index < -0.39 is 17.7 Å². The topological polar surface area (TPSA) is 102 Å². The monoisotopic (exact) mass is 423 g/mol. The third kappa shape index (κ3) is 3.56. The number of amides is 1. The van der Waals surface area contributed by atoms with Crippen molar-refractivity contribution < 1.29 is 33.0 Å². The number of benzene rings is 1. The van der Waals surface area contributed by atoms with Gasteiger partial charge < -0.3 is 28.3 Å². The molecule has 0 saturated carbocycles. The van der Waals surface area contributed by atoms with Gasteiger partial charge in [-0.1, -0.05) is 0 Å². The Bertz CT molecular complexity index is 1160. The van der Waals surface area contributed by atoms with Crippen molar-refractivity contribution in [3.8, 4) is 11.5 Å². The first-order valence-electron chi connectivity index (χ1n) is 9.54. The first-order valence-corrected chi connectivity index (χ1v) is 9.54. The summed E-state index contributed by atoms with van der Waals surface area (Å²) >= 11 is 0. The van der Waals surface area contributed by atoms with Crippen LogP contribution in [0.25, 0.3) is 5.76 Å². The predicted molar refractivity (Wildman–Crippen MR) is 110 cm³/mol. The summed E-state index contributed by atoms with van der Waals surface area (Å²) in [6.45, 7) is 1.81. The van der Waals surface area contributed by atoms with Crippen molar-refractivity contribution in [1.82, 2.24) is 4.90 Å². The first kappa shape index (κ1) is 20.3. The summed E-state index contributed by atoms with van der Waals surface area (Å²) < 4.78 is 21.6. The van der Waals surface area contributed by atoms with Gasteiger partial charge in [0.05, 0.1) is 32.6 Å². The van der Waals surface area contributed by atoms with Crippen LogP contribution in [0.2, 0.25) is 0 Å². The van der Waals surface area contributed by atoms with E-state index in [9.17, 15) is 14.7 Å². The van der Waals surface area contributed by atoms with Gasteiger partial charge >= 0.3 is 0 Å². The minimum Gasteiger partial charge on any atom is -0.507 e. The maximum absolute atomic E-state index is 13.0. The number of carbonyl (C=O) groups excluding carboxylic acids is 2. The van der Waals surface area contributed by atoms with Gasteiger partial charge in [-0.3, -0.25) is 9.59 Å². The molecule has 0 radical (unpaired) electrons. The van der Waals surface area contributed by atoms with E-state index in [0.717, 1.165) is 0 Å². The lowest BCUT2D eigenvalue weighted by molar-refractivity contribution is -0.140. The molecule has 0 bridgehead atoms. The third-order valence-corrected chi connectivity index (χ3v) is 5.13. The number of aliphatic hydroxyl groups excluding tert-OH is 1. The quantitative estimate of drug-likeness (QED) is 0.365. The van der Waals surface area contributed by atoms with Gasteiger partial charge in [0, 0.05) is 5.56 Å². The molecule has 1 N–H and O–H groups in total. The van der Waals surface area contributed by atoms with E-state index in [4.69, 9.17) is 18.3 Å². The zero-order chi connectivity index (χ0) is 22.1. The summed E-state index contributed by atoms with van der Waals surface area (Å²) in [6, 6.07) is 10.6. The number of carbonyl (C=O) groups is 2. The molecule has 1 fully saturated rings. The van der Waals surface area contributed by atoms with E-state index >= 15 is 0 Å². The average molecular weight is 423 g/mol. The Hall–Kier alpha value is -3.94. The Kier molecular flexibility index (Phi) is 5.29. The Morgan fingerprint density at radius 3 is 2.48 bits per heavy atom. The molecule has 1 atom stereocenters. The van der Waals surface area contributed by atoms with Crippen LogP contribution in [0.15, 0.2) is 63.1 Å². The van der Waals surface area contributed by atoms with Crippen molar-refractivity contribution in [2.45, 2.75) is 19.5 Å². The first-order chi connectivity index (χ1) is 14.9. The molecule has 1 aromatic carbocycles. The largest absolute Gasteiger partial charge is 0.507 e. The SMILES string of the molecule is COc1ccc(/C(O)=C2/C(=O)C(=O)N(Cc3ccco3)C2c2ccc(C)o2)cc1OC. The molecule has 3 aromatic rings. The van der Waals surface area contributed by atoms with Crippen molar-refractivity contribution in [3.05, 3.63) is 77.1 Å². The van der Waals surface area contributed by atoms with Crippen LogP contribution in [0.3, 0.4) is 0 Å². The molecule has 1 aliphatic heterocycles. The van der Waals surface area contributed by atoms with Gasteiger partial charge in [0.1, 0.15) is 29.1 Å². The fourth-order valence-electron chi connectivity index (χ4n) is 3.65. The molecule has 1 unspecified atom stereocenters. The molecular weight excluding hydrogens is 402 g/mol. The van der Waals surface area contributed by atoms with Gasteiger partial charge in [-0.25, -0.2) is 0 Å². The minimum atomic E-state index is -0.910. The molecule has 160 valence electrons. The molecule has 1 amide bonds. The van der Waals surface area contributed by atoms with E-state index in [-0.39, 0.29) is 17.9 Å². The molecule has 8 nitrogen and oxygen atoms in total. The number of ether oxygens (including phenoxy) is 2. The Labute approximate surface area is 178 Å². The number of likely N-dealkylation sites (tertiary alicyclic amines) is 1. The fourth-order valence-corrected chi connectivity index (χ4v) is 3.65. The van der Waals surface area contributed by atoms with Gasteiger partial charge in [0.25, 0.3) is 11.7 Å². The van der Waals surface area contributed by atoms with E-state index in [1.165, 1.54) is 25.4 Å². The fraction of sp³-hybridized carbons (Fsp3) is 0.217. The van der Waals surface area contributed by atoms with E-state index in [0.29, 0.717) is 34.3 Å². The van der Waals surface area contributed by atoms with E-state index in [2.05, 4.69) is 0 Å². The standard InChI is InChI=1S/C23H21NO7/c1-13-6-8-17(31-13)20-19(21(25)14-7-9-16(28-2)18(11-14)29-3)22(26)23(27)24(20)12-15-5-4-10-30-15/h4-11,20,25H,12H2,1-3H3/b21-19-. The van der Waals surface area contributed by atoms with Crippen molar-refractivity contribution in [3.63, 3.8) is 0 Å². The number of furan rings is 2. The number of aliphatic hydroxyl groups is 1. The number of hydrogen-bond donors (Lipinski definition) is 1. The highest BCUT2D eigenvalue weighted by Crippen LogP contribution is 2.41. The van der Waals surface area contributed by atoms with Crippen molar-refractivity contribution in [1.29, 1.82) is 0 Å². The third-order valence-electron chi connectivity index (χ3n) is 5.13. The Morgan fingerprint density at radius 2 is 1.87 bits per heavy atom. The van der Waals surface area contributed by atoms with Gasteiger partial charge in [0.15, 0.2) is 11.5 Å². The lowest BCUT2D eigenvalue weighted by atomic mass is 9.99. The van der Waals surface area contributed by atoms with E-state index in [1.54, 1.807) is 49.4 Å². The summed E-state index contributed by atoms with van der Waals surface area (Å²) in [5.41, 5.74) is 0.236. The summed E-state index contributed by atoms with van der Waals surface area (Å²) in [6.07, 6.45) is 1.49. The Balaban J connectivity index is 1.85. The maximum atomic E-state index is 13.0. The zero-order valence-electron chi connectivity index (χ0n) is 17.2. The maximum Gasteiger partial charge on any atom is 0.296 e. The second-order valence-electron chi connectivity index (χ2n) is 7.02. The molecule has 0 aliphatic carbocycles. The molecule has 2 aromatic heterocycles. The van der Waals surface area contributed by atoms with Crippen LogP contribution in [0, 0.1) is 6.92 Å². The number of rotatable bonds is 6. The number of Topliss-reactive ketones (excluding diaryl/α,β-unsaturated/α-hetero) is 1. The van der Waals surface area contributed by atoms with Crippen LogP contribution in [-0.2, 0) is 16.1 Å². The molecule has 31 heavy (non-hydrogen) atoms. The summed E-state index contributed by atoms with van der Waals surface area (Å²) in [5.74, 6) is 0.434. The highest BCUT2D eigenvalue weighted by atomic mass is 16.5. The molecule has 1 aliphatic rings. The van der Waals surface area contributed by atoms with E-state index in [1.807, 2.05) is 0 Å². The molecular formula is C23H21NO7. The molecule has 4 rings (SSSR count). The van der Waals surface area contributed by atoms with Gasteiger partial charge in [0.2, 0.25) is 0 Å². The lowest BCUT2D eigenvalue weighted by Gasteiger charge is -2.22. The zero-order valence-corrected chi connectivity index (χ0v) is 17.2. The van der Waals surface area contributed by atoms with Gasteiger partial charge in [-0.2, -0.15) is 0 Å². The van der Waals surface area contributed by atoms with Gasteiger partial charge in [-0.05, 0) is 49.4 Å². The highest BCUT2D eigenvalue weighted by Gasteiger charge is 2.47. The summed E-state index contributed by atoms with van der Waals surface area (Å²) in [5, 5.41) is 11.1. The van der Waals surface area contributed by atoms with Crippen LogP contribution in [0.5, 0.6) is 11.5 Å². The number of methoxy groups -OCH3 is 2. The molecule has 8 heteroatoms. The van der Waals surface area contributed by atoms with Crippen LogP contribution in [0.4, 0.5) is 0 Å². The van der Waals surface area contributed by atoms with Crippen LogP contribution >= 0.6 is 0 Å². The van der Waals surface area contributed by atoms with Crippen molar-refractivity contribution >= 4 is 17.4 Å². The van der Waals surface area contributed by atoms with Crippen molar-refractivity contribution in [2.24, 2.45) is 0 Å². The minimum absolute atomic E-state index is 0.0463.